The lowest BCUT2D eigenvalue weighted by Gasteiger charge is -2.29. The zero-order valence-electron chi connectivity index (χ0n) is 16.1. The van der Waals surface area contributed by atoms with E-state index in [2.05, 4.69) is 25.1 Å². The van der Waals surface area contributed by atoms with Crippen LogP contribution in [0.2, 0.25) is 0 Å². The molecule has 0 N–H and O–H groups in total. The number of nitrogens with zero attached hydrogens (tertiary/aromatic N) is 1. The van der Waals surface area contributed by atoms with Gasteiger partial charge in [-0.2, -0.15) is 0 Å². The van der Waals surface area contributed by atoms with Gasteiger partial charge in [-0.3, -0.25) is 4.79 Å². The van der Waals surface area contributed by atoms with Crippen molar-refractivity contribution >= 4 is 22.9 Å². The maximum Gasteiger partial charge on any atom is 0.268 e. The Morgan fingerprint density at radius 3 is 2.79 bits per heavy atom. The van der Waals surface area contributed by atoms with E-state index in [4.69, 9.17) is 9.47 Å². The molecular weight excluding hydrogens is 370 g/mol. The minimum atomic E-state index is 0.0679. The second kappa shape index (κ2) is 8.07. The van der Waals surface area contributed by atoms with Crippen molar-refractivity contribution < 1.29 is 14.3 Å². The van der Waals surface area contributed by atoms with Crippen LogP contribution in [-0.2, 0) is 13.0 Å². The fraction of sp³-hybridized carbons (Fsp3) is 0.261. The average Bonchev–Trinajstić information content (AvgIpc) is 3.20. The molecule has 4 rings (SSSR count). The lowest BCUT2D eigenvalue weighted by atomic mass is 9.99. The molecule has 0 saturated carbocycles. The third-order valence-corrected chi connectivity index (χ3v) is 5.89. The van der Waals surface area contributed by atoms with Gasteiger partial charge in [-0.25, -0.2) is 0 Å². The first kappa shape index (κ1) is 18.6. The van der Waals surface area contributed by atoms with Gasteiger partial charge in [0.05, 0.1) is 12.0 Å². The van der Waals surface area contributed by atoms with Crippen LogP contribution in [0.25, 0.3) is 0 Å². The summed E-state index contributed by atoms with van der Waals surface area (Å²) in [5.74, 6) is 1.47. The maximum atomic E-state index is 13.1. The largest absolute Gasteiger partial charge is 0.493 e. The summed E-state index contributed by atoms with van der Waals surface area (Å²) in [6.45, 7) is 3.26. The summed E-state index contributed by atoms with van der Waals surface area (Å²) in [5, 5.41) is 1.99. The number of carbonyl (C=O) groups excluding carboxylic acids is 1. The van der Waals surface area contributed by atoms with E-state index in [1.165, 1.54) is 22.5 Å². The van der Waals surface area contributed by atoms with Crippen molar-refractivity contribution in [3.05, 3.63) is 75.5 Å². The Hall–Kier alpha value is -2.79. The zero-order chi connectivity index (χ0) is 19.5. The SMILES string of the molecule is COc1ccccc1OCc1csc(C(=O)N2CCCc3cc(C)ccc32)c1. The number of rotatable bonds is 5. The molecule has 1 amide bonds. The molecule has 0 fully saturated rings. The van der Waals surface area contributed by atoms with Gasteiger partial charge in [0.25, 0.3) is 5.91 Å². The van der Waals surface area contributed by atoms with Gasteiger partial charge in [0.2, 0.25) is 0 Å². The lowest BCUT2D eigenvalue weighted by Crippen LogP contribution is -2.35. The number of para-hydroxylation sites is 2. The molecule has 1 aromatic heterocycles. The molecule has 4 nitrogen and oxygen atoms in total. The first-order valence-electron chi connectivity index (χ1n) is 9.40. The minimum absolute atomic E-state index is 0.0679. The molecular formula is C23H23NO3S. The second-order valence-electron chi connectivity index (χ2n) is 6.95. The van der Waals surface area contributed by atoms with E-state index >= 15 is 0 Å². The van der Waals surface area contributed by atoms with Gasteiger partial charge in [-0.1, -0.05) is 29.8 Å². The molecule has 0 saturated heterocycles. The number of amides is 1. The average molecular weight is 394 g/mol. The highest BCUT2D eigenvalue weighted by Crippen LogP contribution is 2.31. The summed E-state index contributed by atoms with van der Waals surface area (Å²) < 4.78 is 11.2. The molecule has 0 radical (unpaired) electrons. The summed E-state index contributed by atoms with van der Waals surface area (Å²) in [6, 6.07) is 15.8. The molecule has 0 atom stereocenters. The highest BCUT2D eigenvalue weighted by molar-refractivity contribution is 7.12. The summed E-state index contributed by atoms with van der Waals surface area (Å²) in [4.78, 5) is 15.8. The second-order valence-corrected chi connectivity index (χ2v) is 7.86. The van der Waals surface area contributed by atoms with Crippen LogP contribution in [0.4, 0.5) is 5.69 Å². The van der Waals surface area contributed by atoms with Gasteiger partial charge < -0.3 is 14.4 Å². The number of anilines is 1. The molecule has 2 heterocycles. The third kappa shape index (κ3) is 3.76. The van der Waals surface area contributed by atoms with Crippen LogP contribution in [0.5, 0.6) is 11.5 Å². The zero-order valence-corrected chi connectivity index (χ0v) is 16.9. The lowest BCUT2D eigenvalue weighted by molar-refractivity contribution is 0.0989. The van der Waals surface area contributed by atoms with E-state index in [0.717, 1.165) is 35.5 Å². The molecule has 2 aromatic carbocycles. The summed E-state index contributed by atoms with van der Waals surface area (Å²) >= 11 is 1.47. The van der Waals surface area contributed by atoms with Crippen LogP contribution < -0.4 is 14.4 Å². The molecule has 0 unspecified atom stereocenters. The monoisotopic (exact) mass is 393 g/mol. The number of hydrogen-bond acceptors (Lipinski definition) is 4. The van der Waals surface area contributed by atoms with Crippen molar-refractivity contribution in [1.82, 2.24) is 0 Å². The molecule has 5 heteroatoms. The number of aryl methyl sites for hydroxylation is 2. The Morgan fingerprint density at radius 1 is 1.14 bits per heavy atom. The quantitative estimate of drug-likeness (QED) is 0.595. The van der Waals surface area contributed by atoms with Gasteiger partial charge >= 0.3 is 0 Å². The van der Waals surface area contributed by atoms with Crippen molar-refractivity contribution in [2.24, 2.45) is 0 Å². The number of methoxy groups -OCH3 is 1. The van der Waals surface area contributed by atoms with Gasteiger partial charge in [0, 0.05) is 17.8 Å². The van der Waals surface area contributed by atoms with Crippen LogP contribution in [0.15, 0.2) is 53.9 Å². The van der Waals surface area contributed by atoms with E-state index < -0.39 is 0 Å². The molecule has 1 aliphatic rings. The molecule has 0 aliphatic carbocycles. The van der Waals surface area contributed by atoms with Crippen LogP contribution in [0.3, 0.4) is 0 Å². The van der Waals surface area contributed by atoms with Crippen molar-refractivity contribution in [2.45, 2.75) is 26.4 Å². The van der Waals surface area contributed by atoms with Gasteiger partial charge in [-0.15, -0.1) is 11.3 Å². The van der Waals surface area contributed by atoms with Crippen molar-refractivity contribution in [3.63, 3.8) is 0 Å². The Bertz CT molecular complexity index is 995. The number of ether oxygens (including phenoxy) is 2. The van der Waals surface area contributed by atoms with Crippen molar-refractivity contribution in [2.75, 3.05) is 18.6 Å². The predicted molar refractivity (Wildman–Crippen MR) is 113 cm³/mol. The number of fused-ring (bicyclic) bond motifs is 1. The maximum absolute atomic E-state index is 13.1. The van der Waals surface area contributed by atoms with Crippen molar-refractivity contribution in [1.29, 1.82) is 0 Å². The highest BCUT2D eigenvalue weighted by atomic mass is 32.1. The van der Waals surface area contributed by atoms with Gasteiger partial charge in [-0.05, 0) is 55.0 Å². The number of carbonyl (C=O) groups is 1. The van der Waals surface area contributed by atoms with Gasteiger partial charge in [0.1, 0.15) is 6.61 Å². The summed E-state index contributed by atoms with van der Waals surface area (Å²) in [6.07, 6.45) is 2.03. The molecule has 1 aliphatic heterocycles. The standard InChI is InChI=1S/C23H23NO3S/c1-16-9-10-19-18(12-16)6-5-11-24(19)23(25)22-13-17(15-28-22)14-27-21-8-4-3-7-20(21)26-2/h3-4,7-10,12-13,15H,5-6,11,14H2,1-2H3. The minimum Gasteiger partial charge on any atom is -0.493 e. The number of benzene rings is 2. The Balaban J connectivity index is 1.48. The van der Waals surface area contributed by atoms with Crippen LogP contribution >= 0.6 is 11.3 Å². The fourth-order valence-electron chi connectivity index (χ4n) is 3.53. The predicted octanol–water partition coefficient (Wildman–Crippen LogP) is 5.24. The number of thiophene rings is 1. The topological polar surface area (TPSA) is 38.8 Å². The third-order valence-electron chi connectivity index (χ3n) is 4.93. The molecule has 28 heavy (non-hydrogen) atoms. The van der Waals surface area contributed by atoms with E-state index in [1.54, 1.807) is 7.11 Å². The van der Waals surface area contributed by atoms with E-state index in [9.17, 15) is 4.79 Å². The molecule has 144 valence electrons. The van der Waals surface area contributed by atoms with Crippen molar-refractivity contribution in [3.8, 4) is 11.5 Å². The molecule has 0 bridgehead atoms. The van der Waals surface area contributed by atoms with E-state index in [1.807, 2.05) is 40.6 Å². The Morgan fingerprint density at radius 2 is 1.96 bits per heavy atom. The van der Waals surface area contributed by atoms with Gasteiger partial charge in [0.15, 0.2) is 11.5 Å². The Kier molecular flexibility index (Phi) is 5.35. The Labute approximate surface area is 169 Å². The van der Waals surface area contributed by atoms with E-state index in [-0.39, 0.29) is 5.91 Å². The molecule has 0 spiro atoms. The molecule has 3 aromatic rings. The van der Waals surface area contributed by atoms with Crippen LogP contribution in [-0.4, -0.2) is 19.6 Å². The number of hydrogen-bond donors (Lipinski definition) is 0. The first-order chi connectivity index (χ1) is 13.7. The smallest absolute Gasteiger partial charge is 0.268 e. The summed E-state index contributed by atoms with van der Waals surface area (Å²) in [5.41, 5.74) is 4.53. The first-order valence-corrected chi connectivity index (χ1v) is 10.3. The summed E-state index contributed by atoms with van der Waals surface area (Å²) in [7, 11) is 1.63. The van der Waals surface area contributed by atoms with Crippen LogP contribution in [0.1, 0.15) is 32.8 Å². The normalized spacial score (nSPS) is 13.1. The van der Waals surface area contributed by atoms with E-state index in [0.29, 0.717) is 18.1 Å². The highest BCUT2D eigenvalue weighted by Gasteiger charge is 2.24. The van der Waals surface area contributed by atoms with Crippen LogP contribution in [0, 0.1) is 6.92 Å². The fourth-order valence-corrected chi connectivity index (χ4v) is 4.38.